The number of benzene rings is 2. The van der Waals surface area contributed by atoms with Crippen LogP contribution in [0.2, 0.25) is 0 Å². The fourth-order valence-electron chi connectivity index (χ4n) is 2.36. The van der Waals surface area contributed by atoms with E-state index in [4.69, 9.17) is 0 Å². The Kier molecular flexibility index (Phi) is 3.12. The number of nitrogens with zero attached hydrogens (tertiary/aromatic N) is 1. The summed E-state index contributed by atoms with van der Waals surface area (Å²) in [5.74, 6) is -1.32. The lowest BCUT2D eigenvalue weighted by Gasteiger charge is -2.17. The minimum absolute atomic E-state index is 0.0790. The van der Waals surface area contributed by atoms with Crippen LogP contribution in [0.3, 0.4) is 0 Å². The van der Waals surface area contributed by atoms with Crippen molar-refractivity contribution in [2.45, 2.75) is 11.8 Å². The second-order valence-electron chi connectivity index (χ2n) is 4.85. The van der Waals surface area contributed by atoms with E-state index >= 15 is 0 Å². The van der Waals surface area contributed by atoms with Gasteiger partial charge in [0.05, 0.1) is 16.8 Å². The van der Waals surface area contributed by atoms with Gasteiger partial charge in [-0.25, -0.2) is 4.90 Å². The summed E-state index contributed by atoms with van der Waals surface area (Å²) in [5, 5.41) is 0. The Morgan fingerprint density at radius 1 is 1.14 bits per heavy atom. The molecule has 0 spiro atoms. The Hall–Kier alpha value is -2.51. The highest BCUT2D eigenvalue weighted by Gasteiger charge is 2.38. The van der Waals surface area contributed by atoms with Crippen molar-refractivity contribution in [1.29, 1.82) is 0 Å². The van der Waals surface area contributed by atoms with Gasteiger partial charge < -0.3 is 0 Å². The Morgan fingerprint density at radius 2 is 1.86 bits per heavy atom. The molecule has 0 aromatic heterocycles. The van der Waals surface area contributed by atoms with Gasteiger partial charge in [-0.05, 0) is 36.8 Å². The topological polar surface area (TPSA) is 91.8 Å². The summed E-state index contributed by atoms with van der Waals surface area (Å²) >= 11 is 0. The van der Waals surface area contributed by atoms with Crippen molar-refractivity contribution in [2.24, 2.45) is 0 Å². The van der Waals surface area contributed by atoms with E-state index in [0.29, 0.717) is 5.56 Å². The average molecular weight is 316 g/mol. The number of carbonyl (C=O) groups is 2. The minimum Gasteiger partial charge on any atom is -0.282 e. The van der Waals surface area contributed by atoms with Crippen LogP contribution in [-0.4, -0.2) is 24.8 Å². The zero-order chi connectivity index (χ0) is 16.1. The number of hydrogen-bond acceptors (Lipinski definition) is 4. The van der Waals surface area contributed by atoms with Crippen molar-refractivity contribution in [3.05, 3.63) is 59.2 Å². The monoisotopic (exact) mass is 316 g/mol. The van der Waals surface area contributed by atoms with Crippen LogP contribution >= 0.6 is 0 Å². The maximum Gasteiger partial charge on any atom is 0.296 e. The number of carbonyl (C=O) groups excluding carboxylic acids is 2. The molecule has 0 saturated heterocycles. The Balaban J connectivity index is 2.24. The van der Waals surface area contributed by atoms with Crippen LogP contribution in [0.4, 0.5) is 5.69 Å². The molecular formula is C15H10NO5S. The summed E-state index contributed by atoms with van der Waals surface area (Å²) in [5.41, 5.74) is 0.704. The van der Waals surface area contributed by atoms with Crippen LogP contribution in [0.5, 0.6) is 0 Å². The van der Waals surface area contributed by atoms with Crippen LogP contribution in [0.15, 0.2) is 41.3 Å². The summed E-state index contributed by atoms with van der Waals surface area (Å²) < 4.78 is 32.3. The van der Waals surface area contributed by atoms with Crippen LogP contribution in [0.1, 0.15) is 26.3 Å². The highest BCUT2D eigenvalue weighted by molar-refractivity contribution is 7.86. The number of anilines is 1. The van der Waals surface area contributed by atoms with Crippen LogP contribution < -0.4 is 4.90 Å². The third kappa shape index (κ3) is 2.11. The number of hydrogen-bond donors (Lipinski definition) is 1. The summed E-state index contributed by atoms with van der Waals surface area (Å²) in [6, 6.07) is 11.2. The van der Waals surface area contributed by atoms with Gasteiger partial charge in [0.15, 0.2) is 0 Å². The molecule has 0 atom stereocenters. The van der Waals surface area contributed by atoms with Gasteiger partial charge in [0.1, 0.15) is 4.90 Å². The van der Waals surface area contributed by atoms with Gasteiger partial charge in [0.25, 0.3) is 21.9 Å². The maximum atomic E-state index is 12.4. The van der Waals surface area contributed by atoms with Crippen molar-refractivity contribution >= 4 is 27.6 Å². The third-order valence-corrected chi connectivity index (χ3v) is 4.24. The molecule has 2 amide bonds. The van der Waals surface area contributed by atoms with Crippen molar-refractivity contribution in [1.82, 2.24) is 0 Å². The predicted molar refractivity (Wildman–Crippen MR) is 77.4 cm³/mol. The highest BCUT2D eigenvalue weighted by atomic mass is 32.2. The molecule has 7 heteroatoms. The second-order valence-corrected chi connectivity index (χ2v) is 6.24. The molecule has 2 aromatic rings. The molecule has 0 bridgehead atoms. The normalized spacial score (nSPS) is 14.4. The molecule has 1 N–H and O–H groups in total. The quantitative estimate of drug-likeness (QED) is 0.674. The van der Waals surface area contributed by atoms with Crippen molar-refractivity contribution < 1.29 is 22.6 Å². The molecule has 111 valence electrons. The lowest BCUT2D eigenvalue weighted by molar-refractivity contribution is 0.0925. The number of rotatable bonds is 2. The molecule has 0 unspecified atom stereocenters. The third-order valence-electron chi connectivity index (χ3n) is 3.34. The predicted octanol–water partition coefficient (Wildman–Crippen LogP) is 1.84. The molecule has 1 aliphatic heterocycles. The molecule has 22 heavy (non-hydrogen) atoms. The summed E-state index contributed by atoms with van der Waals surface area (Å²) in [7, 11) is -4.58. The van der Waals surface area contributed by atoms with Gasteiger partial charge in [0.2, 0.25) is 0 Å². The first-order valence-electron chi connectivity index (χ1n) is 6.28. The van der Waals surface area contributed by atoms with Crippen LogP contribution in [0.25, 0.3) is 0 Å². The molecule has 1 aliphatic rings. The number of imide groups is 1. The second kappa shape index (κ2) is 4.75. The number of fused-ring (bicyclic) bond motifs is 1. The lowest BCUT2D eigenvalue weighted by Crippen LogP contribution is -2.30. The van der Waals surface area contributed by atoms with Gasteiger partial charge in [0, 0.05) is 0 Å². The molecule has 0 fully saturated rings. The van der Waals surface area contributed by atoms with Crippen LogP contribution in [0, 0.1) is 13.0 Å². The molecule has 1 radical (unpaired) electrons. The first kappa shape index (κ1) is 14.4. The molecular weight excluding hydrogens is 306 g/mol. The largest absolute Gasteiger partial charge is 0.296 e. The smallest absolute Gasteiger partial charge is 0.282 e. The summed E-state index contributed by atoms with van der Waals surface area (Å²) in [4.78, 5) is 25.1. The average Bonchev–Trinajstić information content (AvgIpc) is 2.70. The van der Waals surface area contributed by atoms with Crippen molar-refractivity contribution in [3.63, 3.8) is 0 Å². The van der Waals surface area contributed by atoms with Gasteiger partial charge >= 0.3 is 0 Å². The molecule has 2 aromatic carbocycles. The van der Waals surface area contributed by atoms with E-state index in [0.717, 1.165) is 11.0 Å². The summed E-state index contributed by atoms with van der Waals surface area (Å²) in [6.45, 7) is 1.68. The Labute approximate surface area is 126 Å². The molecule has 0 aliphatic carbocycles. The van der Waals surface area contributed by atoms with Crippen molar-refractivity contribution in [3.8, 4) is 0 Å². The first-order chi connectivity index (χ1) is 10.3. The van der Waals surface area contributed by atoms with Gasteiger partial charge in [-0.1, -0.05) is 18.2 Å². The first-order valence-corrected chi connectivity index (χ1v) is 7.72. The molecule has 0 saturated carbocycles. The van der Waals surface area contributed by atoms with E-state index in [1.807, 2.05) is 0 Å². The van der Waals surface area contributed by atoms with Gasteiger partial charge in [-0.15, -0.1) is 0 Å². The van der Waals surface area contributed by atoms with E-state index in [1.54, 1.807) is 13.0 Å². The highest BCUT2D eigenvalue weighted by Crippen LogP contribution is 2.33. The Morgan fingerprint density at radius 3 is 2.50 bits per heavy atom. The van der Waals surface area contributed by atoms with E-state index in [9.17, 15) is 22.6 Å². The molecule has 3 rings (SSSR count). The van der Waals surface area contributed by atoms with Crippen LogP contribution in [-0.2, 0) is 10.1 Å². The fraction of sp³-hybridized carbons (Fsp3) is 0.0667. The molecule has 6 nitrogen and oxygen atoms in total. The van der Waals surface area contributed by atoms with E-state index in [-0.39, 0.29) is 16.8 Å². The van der Waals surface area contributed by atoms with E-state index in [1.165, 1.54) is 24.3 Å². The molecule has 1 heterocycles. The van der Waals surface area contributed by atoms with E-state index in [2.05, 4.69) is 6.07 Å². The SMILES string of the molecule is Cc1ccc(S(=O)(=O)O)c(N2C(=O)c3[c]cccc3C2=O)c1. The lowest BCUT2D eigenvalue weighted by atomic mass is 10.1. The number of amides is 2. The number of aryl methyl sites for hydroxylation is 1. The van der Waals surface area contributed by atoms with Crippen molar-refractivity contribution in [2.75, 3.05) is 4.90 Å². The van der Waals surface area contributed by atoms with Gasteiger partial charge in [-0.3, -0.25) is 14.1 Å². The zero-order valence-corrected chi connectivity index (χ0v) is 12.2. The van der Waals surface area contributed by atoms with Gasteiger partial charge in [-0.2, -0.15) is 8.42 Å². The maximum absolute atomic E-state index is 12.4. The zero-order valence-electron chi connectivity index (χ0n) is 11.4. The minimum atomic E-state index is -4.58. The van der Waals surface area contributed by atoms with E-state index < -0.39 is 26.8 Å². The standard InChI is InChI=1S/C15H10NO5S/c1-9-6-7-13(22(19,20)21)12(8-9)16-14(17)10-4-2-3-5-11(10)15(16)18/h2-4,6-8H,1H3,(H,19,20,21). The summed E-state index contributed by atoms with van der Waals surface area (Å²) in [6.07, 6.45) is 0. The Bertz CT molecular complexity index is 882. The fourth-order valence-corrected chi connectivity index (χ4v) is 3.01.